The Hall–Kier alpha value is -1.05. The number of carbonyl (C=O) groups excluding carboxylic acids is 1. The van der Waals surface area contributed by atoms with Crippen molar-refractivity contribution in [1.82, 2.24) is 0 Å². The first-order valence-electron chi connectivity index (χ1n) is 13.6. The second-order valence-corrected chi connectivity index (χ2v) is 12.8. The van der Waals surface area contributed by atoms with E-state index in [4.69, 9.17) is 4.74 Å². The van der Waals surface area contributed by atoms with Gasteiger partial charge in [0.15, 0.2) is 0 Å². The minimum atomic E-state index is -0.103. The highest BCUT2D eigenvalue weighted by Gasteiger charge is 2.58. The maximum atomic E-state index is 11.5. The summed E-state index contributed by atoms with van der Waals surface area (Å²) in [5.41, 5.74) is 2.65. The fourth-order valence-corrected chi connectivity index (χ4v) is 8.43. The predicted molar refractivity (Wildman–Crippen MR) is 133 cm³/mol. The summed E-state index contributed by atoms with van der Waals surface area (Å²) in [5.74, 6) is 5.02. The van der Waals surface area contributed by atoms with Crippen LogP contribution in [0.15, 0.2) is 23.8 Å². The molecular formula is C30H48O2. The van der Waals surface area contributed by atoms with Gasteiger partial charge in [0, 0.05) is 6.92 Å². The Labute approximate surface area is 197 Å². The lowest BCUT2D eigenvalue weighted by Crippen LogP contribution is -2.52. The van der Waals surface area contributed by atoms with Crippen LogP contribution in [0.25, 0.3) is 0 Å². The van der Waals surface area contributed by atoms with E-state index >= 15 is 0 Å². The van der Waals surface area contributed by atoms with Gasteiger partial charge in [0.1, 0.15) is 6.10 Å². The summed E-state index contributed by atoms with van der Waals surface area (Å²) < 4.78 is 5.64. The van der Waals surface area contributed by atoms with Gasteiger partial charge in [-0.1, -0.05) is 65.3 Å². The van der Waals surface area contributed by atoms with Crippen molar-refractivity contribution in [3.05, 3.63) is 23.8 Å². The topological polar surface area (TPSA) is 26.3 Å². The zero-order chi connectivity index (χ0) is 23.3. The minimum absolute atomic E-state index is 0.103. The molecule has 3 saturated carbocycles. The number of hydrogen-bond donors (Lipinski definition) is 0. The molecule has 0 heterocycles. The van der Waals surface area contributed by atoms with E-state index in [1.807, 2.05) is 5.57 Å². The number of ether oxygens (including phenoxy) is 1. The molecule has 0 aromatic rings. The summed E-state index contributed by atoms with van der Waals surface area (Å²) in [7, 11) is 0. The molecule has 2 heteroatoms. The first-order valence-corrected chi connectivity index (χ1v) is 13.6. The molecule has 0 aliphatic heterocycles. The third-order valence-electron chi connectivity index (χ3n) is 10.8. The lowest BCUT2D eigenvalue weighted by molar-refractivity contribution is -0.155. The lowest BCUT2D eigenvalue weighted by atomic mass is 9.45. The van der Waals surface area contributed by atoms with Gasteiger partial charge in [-0.25, -0.2) is 0 Å². The number of fused-ring (bicyclic) bond motifs is 5. The van der Waals surface area contributed by atoms with Crippen molar-refractivity contribution in [2.75, 3.05) is 0 Å². The Morgan fingerprint density at radius 2 is 1.81 bits per heavy atom. The number of carbonyl (C=O) groups is 1. The van der Waals surface area contributed by atoms with E-state index in [0.29, 0.717) is 28.6 Å². The standard InChI is InChI=1S/C30H48O2/c1-19(2)20(3)8-9-21(4)26-12-13-27-25-11-10-23-18-24(32-22(5)31)14-16-29(23,6)28(25)15-17-30(26,27)7/h8-9,13,19-21,23-26,28H,10-12,14-18H2,1-7H3/b9-8+/t20-,21+,23-,24-,25-,26+,28-,29-,30+/m0/s1. The number of rotatable bonds is 5. The van der Waals surface area contributed by atoms with Gasteiger partial charge in [0.2, 0.25) is 0 Å². The molecule has 0 amide bonds. The van der Waals surface area contributed by atoms with Crippen molar-refractivity contribution in [2.24, 2.45) is 52.3 Å². The van der Waals surface area contributed by atoms with Gasteiger partial charge in [-0.2, -0.15) is 0 Å². The van der Waals surface area contributed by atoms with E-state index in [0.717, 1.165) is 36.5 Å². The average molecular weight is 441 g/mol. The Morgan fingerprint density at radius 3 is 2.50 bits per heavy atom. The lowest BCUT2D eigenvalue weighted by Gasteiger charge is -2.60. The summed E-state index contributed by atoms with van der Waals surface area (Å²) in [6.45, 7) is 16.2. The highest BCUT2D eigenvalue weighted by molar-refractivity contribution is 5.66. The van der Waals surface area contributed by atoms with Crippen LogP contribution in [0.3, 0.4) is 0 Å². The van der Waals surface area contributed by atoms with Crippen LogP contribution in [-0.4, -0.2) is 12.1 Å². The molecule has 0 spiro atoms. The molecular weight excluding hydrogens is 392 g/mol. The predicted octanol–water partition coefficient (Wildman–Crippen LogP) is 7.98. The zero-order valence-electron chi connectivity index (χ0n) is 21.8. The maximum Gasteiger partial charge on any atom is 0.302 e. The third kappa shape index (κ3) is 4.14. The molecule has 2 nitrogen and oxygen atoms in total. The molecule has 0 aromatic carbocycles. The first-order chi connectivity index (χ1) is 15.1. The van der Waals surface area contributed by atoms with Crippen molar-refractivity contribution in [3.8, 4) is 0 Å². The fourth-order valence-electron chi connectivity index (χ4n) is 8.43. The quantitative estimate of drug-likeness (QED) is 0.320. The molecule has 4 aliphatic rings. The molecule has 3 fully saturated rings. The number of hydrogen-bond acceptors (Lipinski definition) is 2. The van der Waals surface area contributed by atoms with Crippen molar-refractivity contribution >= 4 is 5.97 Å². The van der Waals surface area contributed by atoms with Gasteiger partial charge < -0.3 is 4.74 Å². The van der Waals surface area contributed by atoms with Crippen molar-refractivity contribution in [3.63, 3.8) is 0 Å². The number of esters is 1. The summed E-state index contributed by atoms with van der Waals surface area (Å²) in [6.07, 6.45) is 17.9. The number of allylic oxidation sites excluding steroid dienone is 4. The second-order valence-electron chi connectivity index (χ2n) is 12.8. The maximum absolute atomic E-state index is 11.5. The van der Waals surface area contributed by atoms with Gasteiger partial charge in [0.25, 0.3) is 0 Å². The van der Waals surface area contributed by atoms with Gasteiger partial charge in [-0.05, 0) is 104 Å². The van der Waals surface area contributed by atoms with E-state index in [1.54, 1.807) is 6.92 Å². The van der Waals surface area contributed by atoms with Crippen LogP contribution in [0.5, 0.6) is 0 Å². The molecule has 180 valence electrons. The Morgan fingerprint density at radius 1 is 1.06 bits per heavy atom. The molecule has 9 atom stereocenters. The van der Waals surface area contributed by atoms with E-state index in [9.17, 15) is 4.79 Å². The minimum Gasteiger partial charge on any atom is -0.463 e. The molecule has 0 N–H and O–H groups in total. The zero-order valence-corrected chi connectivity index (χ0v) is 21.8. The molecule has 4 rings (SSSR count). The van der Waals surface area contributed by atoms with Crippen molar-refractivity contribution in [2.45, 2.75) is 106 Å². The van der Waals surface area contributed by atoms with Crippen LogP contribution in [0.1, 0.15) is 99.8 Å². The van der Waals surface area contributed by atoms with Crippen LogP contribution >= 0.6 is 0 Å². The van der Waals surface area contributed by atoms with E-state index in [2.05, 4.69) is 59.8 Å². The summed E-state index contributed by atoms with van der Waals surface area (Å²) >= 11 is 0. The van der Waals surface area contributed by atoms with E-state index in [1.165, 1.54) is 38.5 Å². The molecule has 0 unspecified atom stereocenters. The first kappa shape index (κ1) is 24.1. The monoisotopic (exact) mass is 440 g/mol. The second kappa shape index (κ2) is 8.95. The molecule has 0 bridgehead atoms. The Bertz CT molecular complexity index is 763. The molecule has 0 aromatic heterocycles. The van der Waals surface area contributed by atoms with Gasteiger partial charge in [0.05, 0.1) is 0 Å². The van der Waals surface area contributed by atoms with Crippen LogP contribution in [0, 0.1) is 52.3 Å². The van der Waals surface area contributed by atoms with Gasteiger partial charge in [-0.3, -0.25) is 4.79 Å². The van der Waals surface area contributed by atoms with Crippen molar-refractivity contribution < 1.29 is 9.53 Å². The average Bonchev–Trinajstić information content (AvgIpc) is 3.08. The molecule has 0 saturated heterocycles. The van der Waals surface area contributed by atoms with Crippen LogP contribution in [0.4, 0.5) is 0 Å². The highest BCUT2D eigenvalue weighted by atomic mass is 16.5. The SMILES string of the molecule is CC(=O)O[C@H]1CC[C@@]2(C)[C@@H](CC[C@H]3C4=CC[C@H]([C@H](C)/C=C/[C@H](C)C(C)C)[C@@]4(C)CC[C@@H]32)C1. The highest BCUT2D eigenvalue weighted by Crippen LogP contribution is 2.66. The normalized spacial score (nSPS) is 43.2. The van der Waals surface area contributed by atoms with E-state index < -0.39 is 0 Å². The molecule has 0 radical (unpaired) electrons. The Balaban J connectivity index is 1.48. The van der Waals surface area contributed by atoms with Crippen molar-refractivity contribution in [1.29, 1.82) is 0 Å². The summed E-state index contributed by atoms with van der Waals surface area (Å²) in [5, 5.41) is 0. The Kier molecular flexibility index (Phi) is 6.74. The van der Waals surface area contributed by atoms with Crippen LogP contribution in [-0.2, 0) is 9.53 Å². The summed E-state index contributed by atoms with van der Waals surface area (Å²) in [4.78, 5) is 11.5. The van der Waals surface area contributed by atoms with Crippen LogP contribution < -0.4 is 0 Å². The fraction of sp³-hybridized carbons (Fsp3) is 0.833. The van der Waals surface area contributed by atoms with Gasteiger partial charge in [-0.15, -0.1) is 0 Å². The summed E-state index contributed by atoms with van der Waals surface area (Å²) in [6, 6.07) is 0. The van der Waals surface area contributed by atoms with Gasteiger partial charge >= 0.3 is 5.97 Å². The molecule has 32 heavy (non-hydrogen) atoms. The van der Waals surface area contributed by atoms with E-state index in [-0.39, 0.29) is 12.1 Å². The third-order valence-corrected chi connectivity index (χ3v) is 10.8. The molecule has 4 aliphatic carbocycles. The van der Waals surface area contributed by atoms with Crippen LogP contribution in [0.2, 0.25) is 0 Å². The largest absolute Gasteiger partial charge is 0.463 e. The smallest absolute Gasteiger partial charge is 0.302 e.